The van der Waals surface area contributed by atoms with Crippen molar-refractivity contribution in [3.8, 4) is 5.75 Å². The van der Waals surface area contributed by atoms with Crippen LogP contribution in [0.15, 0.2) is 71.6 Å². The van der Waals surface area contributed by atoms with Gasteiger partial charge in [0, 0.05) is 38.3 Å². The largest absolute Gasteiger partial charge is 0.491 e. The molecule has 3 aromatic carbocycles. The van der Waals surface area contributed by atoms with Crippen LogP contribution in [0.3, 0.4) is 0 Å². The molecule has 2 aliphatic rings. The molecular formula is C26H28N2O5S. The molecule has 7 nitrogen and oxygen atoms in total. The van der Waals surface area contributed by atoms with Crippen LogP contribution in [-0.2, 0) is 14.8 Å². The summed E-state index contributed by atoms with van der Waals surface area (Å²) in [6.07, 6.45) is 2.22. The minimum Gasteiger partial charge on any atom is -0.491 e. The Bertz CT molecular complexity index is 1260. The Morgan fingerprint density at radius 1 is 0.941 bits per heavy atom. The SMILES string of the molecule is O=C(c1ccc(OC[C@H]2CCCO2)cc1)N1CCN(S(=O)(=O)c2ccc3ccccc3c2)CC1. The van der Waals surface area contributed by atoms with Crippen molar-refractivity contribution in [1.29, 1.82) is 0 Å². The van der Waals surface area contributed by atoms with E-state index in [9.17, 15) is 13.2 Å². The molecule has 0 N–H and O–H groups in total. The number of piperazine rings is 1. The molecule has 8 heteroatoms. The summed E-state index contributed by atoms with van der Waals surface area (Å²) < 4.78 is 39.1. The van der Waals surface area contributed by atoms with Crippen LogP contribution in [0, 0.1) is 0 Å². The topological polar surface area (TPSA) is 76.2 Å². The standard InChI is InChI=1S/C26H28N2O5S/c29-26(21-7-10-23(11-8-21)33-19-24-6-3-17-32-24)27-13-15-28(16-14-27)34(30,31)25-12-9-20-4-1-2-5-22(20)18-25/h1-2,4-5,7-12,18,24H,3,6,13-17,19H2/t24-/m1/s1. The lowest BCUT2D eigenvalue weighted by molar-refractivity contribution is 0.0676. The molecule has 5 rings (SSSR count). The zero-order valence-corrected chi connectivity index (χ0v) is 19.7. The van der Waals surface area contributed by atoms with Gasteiger partial charge in [-0.15, -0.1) is 0 Å². The average molecular weight is 481 g/mol. The molecule has 2 saturated heterocycles. The molecule has 1 amide bonds. The molecule has 0 saturated carbocycles. The number of nitrogens with zero attached hydrogens (tertiary/aromatic N) is 2. The summed E-state index contributed by atoms with van der Waals surface area (Å²) in [5.41, 5.74) is 0.565. The lowest BCUT2D eigenvalue weighted by Crippen LogP contribution is -2.50. The third-order valence-electron chi connectivity index (χ3n) is 6.45. The van der Waals surface area contributed by atoms with Crippen LogP contribution < -0.4 is 4.74 Å². The van der Waals surface area contributed by atoms with Crippen molar-refractivity contribution in [1.82, 2.24) is 9.21 Å². The van der Waals surface area contributed by atoms with Crippen LogP contribution in [0.4, 0.5) is 0 Å². The summed E-state index contributed by atoms with van der Waals surface area (Å²) in [4.78, 5) is 14.9. The van der Waals surface area contributed by atoms with Crippen molar-refractivity contribution >= 4 is 26.7 Å². The quantitative estimate of drug-likeness (QED) is 0.539. The molecular weight excluding hydrogens is 452 g/mol. The number of ether oxygens (including phenoxy) is 2. The second-order valence-electron chi connectivity index (χ2n) is 8.68. The third kappa shape index (κ3) is 4.80. The maximum absolute atomic E-state index is 13.2. The maximum Gasteiger partial charge on any atom is 0.253 e. The molecule has 0 spiro atoms. The van der Waals surface area contributed by atoms with Crippen molar-refractivity contribution < 1.29 is 22.7 Å². The van der Waals surface area contributed by atoms with Gasteiger partial charge in [-0.25, -0.2) is 8.42 Å². The highest BCUT2D eigenvalue weighted by Gasteiger charge is 2.30. The molecule has 2 heterocycles. The van der Waals surface area contributed by atoms with Gasteiger partial charge in [-0.3, -0.25) is 4.79 Å². The van der Waals surface area contributed by atoms with E-state index in [4.69, 9.17) is 9.47 Å². The zero-order valence-electron chi connectivity index (χ0n) is 18.9. The molecule has 0 aromatic heterocycles. The number of benzene rings is 3. The Kier molecular flexibility index (Phi) is 6.54. The first-order valence-electron chi connectivity index (χ1n) is 11.6. The van der Waals surface area contributed by atoms with Crippen LogP contribution >= 0.6 is 0 Å². The molecule has 0 radical (unpaired) electrons. The van der Waals surface area contributed by atoms with Crippen LogP contribution in [0.2, 0.25) is 0 Å². The van der Waals surface area contributed by atoms with E-state index in [1.165, 1.54) is 4.31 Å². The van der Waals surface area contributed by atoms with E-state index in [0.29, 0.717) is 31.0 Å². The van der Waals surface area contributed by atoms with E-state index in [1.54, 1.807) is 41.3 Å². The predicted octanol–water partition coefficient (Wildman–Crippen LogP) is 3.54. The van der Waals surface area contributed by atoms with E-state index >= 15 is 0 Å². The number of hydrogen-bond acceptors (Lipinski definition) is 5. The Balaban J connectivity index is 1.19. The monoisotopic (exact) mass is 480 g/mol. The van der Waals surface area contributed by atoms with Gasteiger partial charge in [0.25, 0.3) is 5.91 Å². The van der Waals surface area contributed by atoms with E-state index < -0.39 is 10.0 Å². The van der Waals surface area contributed by atoms with Gasteiger partial charge in [-0.2, -0.15) is 4.31 Å². The first kappa shape index (κ1) is 22.8. The first-order chi connectivity index (χ1) is 16.5. The highest BCUT2D eigenvalue weighted by Crippen LogP contribution is 2.24. The summed E-state index contributed by atoms with van der Waals surface area (Å²) in [6.45, 7) is 2.54. The third-order valence-corrected chi connectivity index (χ3v) is 8.34. The predicted molar refractivity (Wildman–Crippen MR) is 130 cm³/mol. The molecule has 1 atom stereocenters. The normalized spacial score (nSPS) is 19.4. The van der Waals surface area contributed by atoms with Gasteiger partial charge >= 0.3 is 0 Å². The number of amides is 1. The molecule has 3 aromatic rings. The van der Waals surface area contributed by atoms with E-state index in [0.717, 1.165) is 30.2 Å². The first-order valence-corrected chi connectivity index (χ1v) is 13.1. The van der Waals surface area contributed by atoms with Gasteiger partial charge < -0.3 is 14.4 Å². The Labute approximate surface area is 199 Å². The Morgan fingerprint density at radius 3 is 2.38 bits per heavy atom. The van der Waals surface area contributed by atoms with E-state index in [2.05, 4.69) is 0 Å². The number of carbonyl (C=O) groups excluding carboxylic acids is 1. The van der Waals surface area contributed by atoms with Gasteiger partial charge in [-0.05, 0) is 60.0 Å². The molecule has 2 fully saturated rings. The van der Waals surface area contributed by atoms with Crippen molar-refractivity contribution in [3.63, 3.8) is 0 Å². The van der Waals surface area contributed by atoms with Crippen molar-refractivity contribution in [2.75, 3.05) is 39.4 Å². The lowest BCUT2D eigenvalue weighted by atomic mass is 10.1. The second kappa shape index (κ2) is 9.74. The summed E-state index contributed by atoms with van der Waals surface area (Å²) in [6, 6.07) is 20.0. The van der Waals surface area contributed by atoms with Crippen LogP contribution in [0.1, 0.15) is 23.2 Å². The van der Waals surface area contributed by atoms with Crippen LogP contribution in [0.25, 0.3) is 10.8 Å². The number of hydrogen-bond donors (Lipinski definition) is 0. The fourth-order valence-electron chi connectivity index (χ4n) is 4.45. The average Bonchev–Trinajstić information content (AvgIpc) is 3.41. The number of carbonyl (C=O) groups is 1. The van der Waals surface area contributed by atoms with Crippen molar-refractivity contribution in [2.24, 2.45) is 0 Å². The van der Waals surface area contributed by atoms with Gasteiger partial charge in [0.2, 0.25) is 10.0 Å². The molecule has 0 aliphatic carbocycles. The molecule has 0 unspecified atom stereocenters. The molecule has 178 valence electrons. The molecule has 2 aliphatic heterocycles. The molecule has 0 bridgehead atoms. The minimum atomic E-state index is -3.62. The maximum atomic E-state index is 13.2. The van der Waals surface area contributed by atoms with Gasteiger partial charge in [0.05, 0.1) is 11.0 Å². The van der Waals surface area contributed by atoms with Gasteiger partial charge in [0.15, 0.2) is 0 Å². The lowest BCUT2D eigenvalue weighted by Gasteiger charge is -2.34. The highest BCUT2D eigenvalue weighted by molar-refractivity contribution is 7.89. The Morgan fingerprint density at radius 2 is 1.68 bits per heavy atom. The van der Waals surface area contributed by atoms with Crippen LogP contribution in [-0.4, -0.2) is 69.0 Å². The Hall–Kier alpha value is -2.94. The smallest absolute Gasteiger partial charge is 0.253 e. The van der Waals surface area contributed by atoms with Crippen molar-refractivity contribution in [2.45, 2.75) is 23.8 Å². The summed E-state index contributed by atoms with van der Waals surface area (Å²) in [5.74, 6) is 0.603. The highest BCUT2D eigenvalue weighted by atomic mass is 32.2. The summed E-state index contributed by atoms with van der Waals surface area (Å²) in [7, 11) is -3.62. The summed E-state index contributed by atoms with van der Waals surface area (Å²) in [5, 5.41) is 1.89. The minimum absolute atomic E-state index is 0.103. The summed E-state index contributed by atoms with van der Waals surface area (Å²) >= 11 is 0. The zero-order chi connectivity index (χ0) is 23.5. The number of sulfonamides is 1. The second-order valence-corrected chi connectivity index (χ2v) is 10.6. The number of fused-ring (bicyclic) bond motifs is 1. The fraction of sp³-hybridized carbons (Fsp3) is 0.346. The van der Waals surface area contributed by atoms with E-state index in [1.807, 2.05) is 30.3 Å². The fourth-order valence-corrected chi connectivity index (χ4v) is 5.91. The van der Waals surface area contributed by atoms with Gasteiger partial charge in [-0.1, -0.05) is 30.3 Å². The number of rotatable bonds is 6. The van der Waals surface area contributed by atoms with Crippen molar-refractivity contribution in [3.05, 3.63) is 72.3 Å². The van der Waals surface area contributed by atoms with Gasteiger partial charge in [0.1, 0.15) is 12.4 Å². The van der Waals surface area contributed by atoms with E-state index in [-0.39, 0.29) is 30.0 Å². The molecule has 34 heavy (non-hydrogen) atoms. The van der Waals surface area contributed by atoms with Crippen LogP contribution in [0.5, 0.6) is 5.75 Å².